The highest BCUT2D eigenvalue weighted by Gasteiger charge is 2.17. The SMILES string of the molecule is CCNc1ccccc1S(=O)(=O)Nc1ccncc1. The monoisotopic (exact) mass is 277 g/mol. The number of pyridine rings is 1. The summed E-state index contributed by atoms with van der Waals surface area (Å²) in [4.78, 5) is 4.08. The number of benzene rings is 1. The molecule has 1 aromatic carbocycles. The first kappa shape index (κ1) is 13.4. The average Bonchev–Trinajstić information content (AvgIpc) is 2.40. The Morgan fingerprint density at radius 2 is 1.79 bits per heavy atom. The lowest BCUT2D eigenvalue weighted by Gasteiger charge is -2.12. The molecule has 0 aliphatic carbocycles. The summed E-state index contributed by atoms with van der Waals surface area (Å²) in [6, 6.07) is 10.0. The third-order valence-corrected chi connectivity index (χ3v) is 3.92. The van der Waals surface area contributed by atoms with Crippen LogP contribution in [0.4, 0.5) is 11.4 Å². The predicted molar refractivity (Wildman–Crippen MR) is 75.7 cm³/mol. The van der Waals surface area contributed by atoms with Crippen molar-refractivity contribution in [2.45, 2.75) is 11.8 Å². The molecule has 0 aliphatic heterocycles. The van der Waals surface area contributed by atoms with Gasteiger partial charge in [0.05, 0.1) is 11.4 Å². The summed E-state index contributed by atoms with van der Waals surface area (Å²) in [7, 11) is -3.61. The van der Waals surface area contributed by atoms with Gasteiger partial charge in [0.25, 0.3) is 10.0 Å². The van der Waals surface area contributed by atoms with E-state index in [0.717, 1.165) is 0 Å². The lowest BCUT2D eigenvalue weighted by molar-refractivity contribution is 0.601. The van der Waals surface area contributed by atoms with Gasteiger partial charge in [-0.1, -0.05) is 12.1 Å². The first-order valence-corrected chi connectivity index (χ1v) is 7.37. The van der Waals surface area contributed by atoms with Gasteiger partial charge in [-0.25, -0.2) is 8.42 Å². The Labute approximate surface area is 112 Å². The van der Waals surface area contributed by atoms with Gasteiger partial charge < -0.3 is 5.32 Å². The van der Waals surface area contributed by atoms with Crippen molar-refractivity contribution < 1.29 is 8.42 Å². The molecule has 0 spiro atoms. The Bertz CT molecular complexity index is 642. The number of hydrogen-bond acceptors (Lipinski definition) is 4. The summed E-state index contributed by atoms with van der Waals surface area (Å²) < 4.78 is 27.2. The maximum atomic E-state index is 12.3. The van der Waals surface area contributed by atoms with Crippen molar-refractivity contribution in [3.63, 3.8) is 0 Å². The molecule has 2 aromatic rings. The van der Waals surface area contributed by atoms with Gasteiger partial charge in [0.2, 0.25) is 0 Å². The molecule has 0 unspecified atom stereocenters. The third kappa shape index (κ3) is 3.23. The highest BCUT2D eigenvalue weighted by atomic mass is 32.2. The Kier molecular flexibility index (Phi) is 4.01. The van der Waals surface area contributed by atoms with E-state index in [2.05, 4.69) is 15.0 Å². The van der Waals surface area contributed by atoms with Crippen LogP contribution in [-0.2, 0) is 10.0 Å². The minimum atomic E-state index is -3.61. The summed E-state index contributed by atoms with van der Waals surface area (Å²) >= 11 is 0. The predicted octanol–water partition coefficient (Wildman–Crippen LogP) is 2.31. The zero-order valence-electron chi connectivity index (χ0n) is 10.5. The topological polar surface area (TPSA) is 71.1 Å². The van der Waals surface area contributed by atoms with Crippen molar-refractivity contribution in [1.29, 1.82) is 0 Å². The largest absolute Gasteiger partial charge is 0.384 e. The van der Waals surface area contributed by atoms with Crippen LogP contribution in [0.2, 0.25) is 0 Å². The second-order valence-electron chi connectivity index (χ2n) is 3.87. The highest BCUT2D eigenvalue weighted by molar-refractivity contribution is 7.92. The van der Waals surface area contributed by atoms with E-state index in [1.54, 1.807) is 36.4 Å². The zero-order chi connectivity index (χ0) is 13.7. The van der Waals surface area contributed by atoms with Gasteiger partial charge >= 0.3 is 0 Å². The van der Waals surface area contributed by atoms with Crippen LogP contribution in [0.5, 0.6) is 0 Å². The Morgan fingerprint density at radius 3 is 2.47 bits per heavy atom. The van der Waals surface area contributed by atoms with Crippen LogP contribution in [0.3, 0.4) is 0 Å². The molecular weight excluding hydrogens is 262 g/mol. The summed E-state index contributed by atoms with van der Waals surface area (Å²) in [6.07, 6.45) is 3.07. The molecule has 5 nitrogen and oxygen atoms in total. The van der Waals surface area contributed by atoms with Gasteiger partial charge in [0.1, 0.15) is 4.90 Å². The summed E-state index contributed by atoms with van der Waals surface area (Å²) in [5.74, 6) is 0. The molecule has 0 radical (unpaired) electrons. The van der Waals surface area contributed by atoms with E-state index in [0.29, 0.717) is 17.9 Å². The average molecular weight is 277 g/mol. The fourth-order valence-electron chi connectivity index (χ4n) is 1.67. The molecule has 0 bridgehead atoms. The molecule has 0 fully saturated rings. The molecule has 1 aromatic heterocycles. The molecule has 100 valence electrons. The van der Waals surface area contributed by atoms with E-state index in [-0.39, 0.29) is 4.90 Å². The number of hydrogen-bond donors (Lipinski definition) is 2. The highest BCUT2D eigenvalue weighted by Crippen LogP contribution is 2.23. The molecule has 2 rings (SSSR count). The van der Waals surface area contributed by atoms with Crippen LogP contribution in [0, 0.1) is 0 Å². The second-order valence-corrected chi connectivity index (χ2v) is 5.52. The van der Waals surface area contributed by atoms with E-state index in [4.69, 9.17) is 0 Å². The molecule has 2 N–H and O–H groups in total. The maximum absolute atomic E-state index is 12.3. The van der Waals surface area contributed by atoms with Crippen LogP contribution in [0.25, 0.3) is 0 Å². The Hall–Kier alpha value is -2.08. The third-order valence-electron chi connectivity index (χ3n) is 2.48. The van der Waals surface area contributed by atoms with Crippen LogP contribution in [-0.4, -0.2) is 19.9 Å². The number of para-hydroxylation sites is 1. The van der Waals surface area contributed by atoms with Gasteiger partial charge in [-0.3, -0.25) is 9.71 Å². The van der Waals surface area contributed by atoms with E-state index in [9.17, 15) is 8.42 Å². The molecule has 0 saturated heterocycles. The first-order chi connectivity index (χ1) is 9.13. The standard InChI is InChI=1S/C13H15N3O2S/c1-2-15-12-5-3-4-6-13(12)19(17,18)16-11-7-9-14-10-8-11/h3-10,15H,2H2,1H3,(H,14,16). The molecule has 0 aliphatic rings. The van der Waals surface area contributed by atoms with Crippen molar-refractivity contribution in [2.75, 3.05) is 16.6 Å². The maximum Gasteiger partial charge on any atom is 0.263 e. The Morgan fingerprint density at radius 1 is 1.11 bits per heavy atom. The van der Waals surface area contributed by atoms with Crippen molar-refractivity contribution in [3.05, 3.63) is 48.8 Å². The van der Waals surface area contributed by atoms with Crippen LogP contribution >= 0.6 is 0 Å². The summed E-state index contributed by atoms with van der Waals surface area (Å²) in [5.41, 5.74) is 1.08. The molecule has 6 heteroatoms. The minimum absolute atomic E-state index is 0.230. The van der Waals surface area contributed by atoms with E-state index in [1.807, 2.05) is 6.92 Å². The Balaban J connectivity index is 2.35. The zero-order valence-corrected chi connectivity index (χ0v) is 11.3. The number of sulfonamides is 1. The summed E-state index contributed by atoms with van der Waals surface area (Å²) in [6.45, 7) is 2.57. The van der Waals surface area contributed by atoms with Crippen LogP contribution in [0.1, 0.15) is 6.92 Å². The number of nitrogens with zero attached hydrogens (tertiary/aromatic N) is 1. The van der Waals surface area contributed by atoms with Gasteiger partial charge in [0.15, 0.2) is 0 Å². The second kappa shape index (κ2) is 5.71. The van der Waals surface area contributed by atoms with E-state index >= 15 is 0 Å². The van der Waals surface area contributed by atoms with Crippen LogP contribution < -0.4 is 10.0 Å². The fraction of sp³-hybridized carbons (Fsp3) is 0.154. The quantitative estimate of drug-likeness (QED) is 0.879. The minimum Gasteiger partial charge on any atom is -0.384 e. The first-order valence-electron chi connectivity index (χ1n) is 5.89. The van der Waals surface area contributed by atoms with Gasteiger partial charge in [-0.05, 0) is 31.2 Å². The molecule has 0 atom stereocenters. The molecule has 19 heavy (non-hydrogen) atoms. The van der Waals surface area contributed by atoms with Crippen LogP contribution in [0.15, 0.2) is 53.7 Å². The van der Waals surface area contributed by atoms with Gasteiger partial charge in [-0.15, -0.1) is 0 Å². The number of anilines is 2. The normalized spacial score (nSPS) is 11.0. The fourth-order valence-corrected chi connectivity index (χ4v) is 2.91. The van der Waals surface area contributed by atoms with E-state index < -0.39 is 10.0 Å². The molecule has 1 heterocycles. The van der Waals surface area contributed by atoms with Gasteiger partial charge in [0, 0.05) is 18.9 Å². The number of nitrogens with one attached hydrogen (secondary N) is 2. The van der Waals surface area contributed by atoms with Gasteiger partial charge in [-0.2, -0.15) is 0 Å². The molecule has 0 amide bonds. The van der Waals surface area contributed by atoms with Crippen molar-refractivity contribution in [1.82, 2.24) is 4.98 Å². The summed E-state index contributed by atoms with van der Waals surface area (Å²) in [5, 5.41) is 3.04. The van der Waals surface area contributed by atoms with Crippen molar-refractivity contribution in [3.8, 4) is 0 Å². The lowest BCUT2D eigenvalue weighted by Crippen LogP contribution is -2.15. The number of aromatic nitrogens is 1. The molecular formula is C13H15N3O2S. The lowest BCUT2D eigenvalue weighted by atomic mass is 10.3. The van der Waals surface area contributed by atoms with Crippen molar-refractivity contribution >= 4 is 21.4 Å². The number of rotatable bonds is 5. The van der Waals surface area contributed by atoms with E-state index in [1.165, 1.54) is 12.4 Å². The molecule has 0 saturated carbocycles. The van der Waals surface area contributed by atoms with Crippen molar-refractivity contribution in [2.24, 2.45) is 0 Å². The smallest absolute Gasteiger partial charge is 0.263 e.